The van der Waals surface area contributed by atoms with Gasteiger partial charge in [0.1, 0.15) is 0 Å². The summed E-state index contributed by atoms with van der Waals surface area (Å²) in [7, 11) is 0. The quantitative estimate of drug-likeness (QED) is 0.814. The number of hydrogen-bond donors (Lipinski definition) is 2. The van der Waals surface area contributed by atoms with Gasteiger partial charge in [-0.3, -0.25) is 9.78 Å². The van der Waals surface area contributed by atoms with Gasteiger partial charge in [-0.05, 0) is 30.2 Å². The third kappa shape index (κ3) is 3.83. The van der Waals surface area contributed by atoms with Crippen molar-refractivity contribution in [3.05, 3.63) is 29.6 Å². The number of carbonyl (C=O) groups is 1. The Kier molecular flexibility index (Phi) is 4.98. The number of aromatic nitrogens is 1. The van der Waals surface area contributed by atoms with E-state index in [1.54, 1.807) is 18.5 Å². The van der Waals surface area contributed by atoms with Crippen molar-refractivity contribution in [3.8, 4) is 11.8 Å². The summed E-state index contributed by atoms with van der Waals surface area (Å²) in [5.41, 5.74) is 1.44. The Morgan fingerprint density at radius 2 is 2.29 bits per heavy atom. The van der Waals surface area contributed by atoms with Crippen molar-refractivity contribution in [2.75, 3.05) is 13.2 Å². The van der Waals surface area contributed by atoms with Gasteiger partial charge in [0.05, 0.1) is 17.7 Å². The average Bonchev–Trinajstić information content (AvgIpc) is 3.27. The number of carbonyl (C=O) groups excluding carboxylic acids is 1. The van der Waals surface area contributed by atoms with Crippen LogP contribution < -0.4 is 5.32 Å². The highest BCUT2D eigenvalue weighted by Gasteiger charge is 2.45. The van der Waals surface area contributed by atoms with Crippen LogP contribution in [0.2, 0.25) is 0 Å². The fourth-order valence-electron chi connectivity index (χ4n) is 2.38. The summed E-state index contributed by atoms with van der Waals surface area (Å²) in [5.74, 6) is 6.21. The molecule has 1 fully saturated rings. The van der Waals surface area contributed by atoms with Crippen molar-refractivity contribution >= 4 is 5.91 Å². The van der Waals surface area contributed by atoms with Crippen LogP contribution in [0.3, 0.4) is 0 Å². The molecule has 112 valence electrons. The van der Waals surface area contributed by atoms with Gasteiger partial charge in [0, 0.05) is 25.4 Å². The number of hydrogen-bond acceptors (Lipinski definition) is 3. The van der Waals surface area contributed by atoms with Crippen molar-refractivity contribution in [1.29, 1.82) is 0 Å². The van der Waals surface area contributed by atoms with Crippen molar-refractivity contribution in [2.45, 2.75) is 33.1 Å². The number of aliphatic hydroxyl groups is 1. The summed E-state index contributed by atoms with van der Waals surface area (Å²) in [5, 5.41) is 11.8. The number of aliphatic hydroxyl groups excluding tert-OH is 1. The molecule has 1 aromatic rings. The minimum Gasteiger partial charge on any atom is -0.395 e. The molecule has 4 nitrogen and oxygen atoms in total. The van der Waals surface area contributed by atoms with Crippen LogP contribution in [-0.2, 0) is 0 Å². The van der Waals surface area contributed by atoms with Crippen LogP contribution in [0.1, 0.15) is 49.0 Å². The van der Waals surface area contributed by atoms with Crippen molar-refractivity contribution < 1.29 is 9.90 Å². The Labute approximate surface area is 126 Å². The maximum Gasteiger partial charge on any atom is 0.252 e. The van der Waals surface area contributed by atoms with Crippen LogP contribution in [0.4, 0.5) is 0 Å². The molecule has 0 unspecified atom stereocenters. The maximum atomic E-state index is 12.3. The summed E-state index contributed by atoms with van der Waals surface area (Å²) in [4.78, 5) is 16.4. The predicted molar refractivity (Wildman–Crippen MR) is 81.7 cm³/mol. The van der Waals surface area contributed by atoms with Crippen molar-refractivity contribution in [1.82, 2.24) is 10.3 Å². The first-order valence-corrected chi connectivity index (χ1v) is 7.41. The Balaban J connectivity index is 2.04. The lowest BCUT2D eigenvalue weighted by atomic mass is 9.92. The molecule has 0 saturated heterocycles. The highest BCUT2D eigenvalue weighted by molar-refractivity contribution is 5.96. The number of amides is 1. The molecule has 0 aliphatic heterocycles. The van der Waals surface area contributed by atoms with E-state index in [9.17, 15) is 4.79 Å². The molecule has 1 amide bonds. The number of nitrogens with one attached hydrogen (secondary N) is 1. The molecule has 0 radical (unpaired) electrons. The second kappa shape index (κ2) is 6.73. The topological polar surface area (TPSA) is 62.2 Å². The molecule has 0 aromatic carbocycles. The largest absolute Gasteiger partial charge is 0.395 e. The Bertz CT molecular complexity index is 566. The SMILES string of the molecule is CC(C)C1(CNC(=O)c2ccncc2C#CCCO)CC1. The molecule has 4 heteroatoms. The van der Waals surface area contributed by atoms with E-state index in [-0.39, 0.29) is 17.9 Å². The van der Waals surface area contributed by atoms with Gasteiger partial charge in [-0.2, -0.15) is 0 Å². The van der Waals surface area contributed by atoms with E-state index < -0.39 is 0 Å². The van der Waals surface area contributed by atoms with E-state index in [0.717, 1.165) is 6.54 Å². The van der Waals surface area contributed by atoms with Gasteiger partial charge in [-0.15, -0.1) is 0 Å². The van der Waals surface area contributed by atoms with Crippen LogP contribution >= 0.6 is 0 Å². The van der Waals surface area contributed by atoms with Gasteiger partial charge in [0.25, 0.3) is 5.91 Å². The fourth-order valence-corrected chi connectivity index (χ4v) is 2.38. The molecular weight excluding hydrogens is 264 g/mol. The molecule has 0 atom stereocenters. The highest BCUT2D eigenvalue weighted by Crippen LogP contribution is 2.51. The van der Waals surface area contributed by atoms with Gasteiger partial charge in [-0.25, -0.2) is 0 Å². The van der Waals surface area contributed by atoms with E-state index in [4.69, 9.17) is 5.11 Å². The molecule has 0 spiro atoms. The summed E-state index contributed by atoms with van der Waals surface area (Å²) in [6.45, 7) is 5.15. The standard InChI is InChI=1S/C17H22N2O2/c1-13(2)17(7-8-17)12-19-16(21)15-6-9-18-11-14(15)5-3-4-10-20/h6,9,11,13,20H,4,7-8,10,12H2,1-2H3,(H,19,21). The summed E-state index contributed by atoms with van der Waals surface area (Å²) < 4.78 is 0. The zero-order valence-corrected chi connectivity index (χ0v) is 12.6. The molecule has 21 heavy (non-hydrogen) atoms. The molecule has 1 aliphatic rings. The first-order chi connectivity index (χ1) is 10.1. The van der Waals surface area contributed by atoms with Gasteiger partial charge < -0.3 is 10.4 Å². The van der Waals surface area contributed by atoms with Gasteiger partial charge in [-0.1, -0.05) is 25.7 Å². The van der Waals surface area contributed by atoms with Gasteiger partial charge in [0.15, 0.2) is 0 Å². The Morgan fingerprint density at radius 1 is 1.52 bits per heavy atom. The third-order valence-electron chi connectivity index (χ3n) is 4.24. The smallest absolute Gasteiger partial charge is 0.252 e. The molecule has 1 saturated carbocycles. The van der Waals surface area contributed by atoms with E-state index in [1.807, 2.05) is 0 Å². The van der Waals surface area contributed by atoms with Gasteiger partial charge in [0.2, 0.25) is 0 Å². The first-order valence-electron chi connectivity index (χ1n) is 7.41. The average molecular weight is 286 g/mol. The molecule has 2 rings (SSSR count). The highest BCUT2D eigenvalue weighted by atomic mass is 16.2. The van der Waals surface area contributed by atoms with E-state index in [1.165, 1.54) is 12.8 Å². The fraction of sp³-hybridized carbons (Fsp3) is 0.529. The number of nitrogens with zero attached hydrogens (tertiary/aromatic N) is 1. The summed E-state index contributed by atoms with van der Waals surface area (Å²) >= 11 is 0. The third-order valence-corrected chi connectivity index (χ3v) is 4.24. The predicted octanol–water partition coefficient (Wildman–Crippen LogP) is 1.98. The Hall–Kier alpha value is -1.86. The van der Waals surface area contributed by atoms with Crippen LogP contribution in [0.15, 0.2) is 18.5 Å². The first kappa shape index (κ1) is 15.5. The Morgan fingerprint density at radius 3 is 2.90 bits per heavy atom. The molecule has 1 aromatic heterocycles. The molecule has 1 aliphatic carbocycles. The van der Waals surface area contributed by atoms with Gasteiger partial charge >= 0.3 is 0 Å². The minimum atomic E-state index is -0.0994. The second-order valence-electron chi connectivity index (χ2n) is 5.90. The lowest BCUT2D eigenvalue weighted by Gasteiger charge is -2.20. The zero-order chi connectivity index (χ0) is 15.3. The van der Waals surface area contributed by atoms with Crippen molar-refractivity contribution in [2.24, 2.45) is 11.3 Å². The molecule has 0 bridgehead atoms. The van der Waals surface area contributed by atoms with Crippen molar-refractivity contribution in [3.63, 3.8) is 0 Å². The van der Waals surface area contributed by atoms with Crippen LogP contribution in [0.5, 0.6) is 0 Å². The maximum absolute atomic E-state index is 12.3. The van der Waals surface area contributed by atoms with Crippen LogP contribution in [0.25, 0.3) is 0 Å². The lowest BCUT2D eigenvalue weighted by molar-refractivity contribution is 0.0939. The molecular formula is C17H22N2O2. The normalized spacial score (nSPS) is 15.2. The number of pyridine rings is 1. The van der Waals surface area contributed by atoms with E-state index >= 15 is 0 Å². The second-order valence-corrected chi connectivity index (χ2v) is 5.90. The number of rotatable bonds is 5. The summed E-state index contributed by atoms with van der Waals surface area (Å²) in [6.07, 6.45) is 5.96. The van der Waals surface area contributed by atoms with Crippen LogP contribution in [0, 0.1) is 23.2 Å². The minimum absolute atomic E-state index is 0.0195. The van der Waals surface area contributed by atoms with E-state index in [0.29, 0.717) is 23.5 Å². The van der Waals surface area contributed by atoms with Crippen LogP contribution in [-0.4, -0.2) is 29.1 Å². The molecule has 2 N–H and O–H groups in total. The summed E-state index contributed by atoms with van der Waals surface area (Å²) in [6, 6.07) is 1.69. The monoisotopic (exact) mass is 286 g/mol. The molecule has 1 heterocycles. The lowest BCUT2D eigenvalue weighted by Crippen LogP contribution is -2.33. The van der Waals surface area contributed by atoms with E-state index in [2.05, 4.69) is 36.0 Å². The zero-order valence-electron chi connectivity index (χ0n) is 12.6.